The van der Waals surface area contributed by atoms with Crippen LogP contribution in [0, 0.1) is 17.1 Å². The summed E-state index contributed by atoms with van der Waals surface area (Å²) in [5.74, 6) is 0.937. The van der Waals surface area contributed by atoms with Gasteiger partial charge in [-0.2, -0.15) is 14.1 Å². The lowest BCUT2D eigenvalue weighted by molar-refractivity contribution is 0.176. The van der Waals surface area contributed by atoms with Gasteiger partial charge in [-0.15, -0.1) is 5.10 Å². The maximum absolute atomic E-state index is 13.5. The minimum absolute atomic E-state index is 0.239. The first kappa shape index (κ1) is 26.9. The number of nitriles is 1. The Hall–Kier alpha value is -3.64. The number of aliphatic hydroxyl groups is 1. The second-order valence-corrected chi connectivity index (χ2v) is 12.1. The van der Waals surface area contributed by atoms with Crippen molar-refractivity contribution in [2.75, 3.05) is 49.3 Å². The van der Waals surface area contributed by atoms with Gasteiger partial charge in [0, 0.05) is 32.2 Å². The molecule has 1 aliphatic rings. The molecule has 11 nitrogen and oxygen atoms in total. The average molecular weight is 571 g/mol. The Kier molecular flexibility index (Phi) is 7.25. The lowest BCUT2D eigenvalue weighted by Crippen LogP contribution is -2.56. The van der Waals surface area contributed by atoms with Crippen LogP contribution in [0.3, 0.4) is 0 Å². The zero-order valence-corrected chi connectivity index (χ0v) is 23.2. The quantitative estimate of drug-likeness (QED) is 0.356. The zero-order valence-electron chi connectivity index (χ0n) is 21.6. The Balaban J connectivity index is 1.52. The van der Waals surface area contributed by atoms with Gasteiger partial charge in [-0.25, -0.2) is 22.8 Å². The number of aliphatic hydroxyl groups excluding tert-OH is 1. The molecule has 1 atom stereocenters. The third-order valence-corrected chi connectivity index (χ3v) is 9.04. The minimum Gasteiger partial charge on any atom is -0.395 e. The van der Waals surface area contributed by atoms with Crippen LogP contribution in [0.25, 0.3) is 16.9 Å². The summed E-state index contributed by atoms with van der Waals surface area (Å²) in [5.41, 5.74) is 2.53. The number of benzene rings is 1. The second-order valence-electron chi connectivity index (χ2n) is 9.21. The third-order valence-electron chi connectivity index (χ3n) is 6.67. The molecule has 1 N–H and O–H groups in total. The summed E-state index contributed by atoms with van der Waals surface area (Å²) in [6, 6.07) is 11.2. The van der Waals surface area contributed by atoms with E-state index in [-0.39, 0.29) is 19.0 Å². The normalized spacial score (nSPS) is 16.5. The first-order valence-electron chi connectivity index (χ1n) is 12.3. The molecule has 0 aliphatic carbocycles. The van der Waals surface area contributed by atoms with Crippen LogP contribution < -0.4 is 9.80 Å². The predicted octanol–water partition coefficient (Wildman–Crippen LogP) is 2.64. The van der Waals surface area contributed by atoms with Crippen molar-refractivity contribution < 1.29 is 17.9 Å². The van der Waals surface area contributed by atoms with E-state index in [4.69, 9.17) is 15.1 Å². The van der Waals surface area contributed by atoms with Gasteiger partial charge in [0.25, 0.3) is 0 Å². The van der Waals surface area contributed by atoms with Gasteiger partial charge in [-0.1, -0.05) is 18.3 Å². The fraction of sp³-hybridized carbons (Fsp3) is 0.360. The molecule has 1 aromatic carbocycles. The monoisotopic (exact) mass is 570 g/mol. The highest BCUT2D eigenvalue weighted by atomic mass is 32.2. The number of rotatable bonds is 7. The third kappa shape index (κ3) is 5.06. The van der Waals surface area contributed by atoms with Gasteiger partial charge in [0.05, 0.1) is 24.6 Å². The van der Waals surface area contributed by atoms with Gasteiger partial charge < -0.3 is 14.9 Å². The highest BCUT2D eigenvalue weighted by Crippen LogP contribution is 2.37. The van der Waals surface area contributed by atoms with Crippen LogP contribution in [0.5, 0.6) is 0 Å². The van der Waals surface area contributed by atoms with Gasteiger partial charge in [0.1, 0.15) is 28.3 Å². The lowest BCUT2D eigenvalue weighted by atomic mass is 10.1. The van der Waals surface area contributed by atoms with E-state index in [0.717, 1.165) is 11.9 Å². The van der Waals surface area contributed by atoms with Gasteiger partial charge in [-0.3, -0.25) is 0 Å². The molecule has 1 saturated heterocycles. The number of aromatic nitrogens is 4. The molecule has 204 valence electrons. The van der Waals surface area contributed by atoms with E-state index < -0.39 is 16.1 Å². The van der Waals surface area contributed by atoms with Gasteiger partial charge in [0.2, 0.25) is 10.0 Å². The van der Waals surface area contributed by atoms with Crippen LogP contribution >= 0.6 is 11.3 Å². The number of halogens is 1. The van der Waals surface area contributed by atoms with Crippen molar-refractivity contribution in [2.45, 2.75) is 19.4 Å². The van der Waals surface area contributed by atoms with Gasteiger partial charge in [0.15, 0.2) is 16.6 Å². The molecule has 0 amide bonds. The number of aryl methyl sites for hydroxylation is 1. The molecular weight excluding hydrogens is 543 g/mol. The number of sulfonamides is 1. The van der Waals surface area contributed by atoms with Crippen LogP contribution in [0.15, 0.2) is 36.4 Å². The summed E-state index contributed by atoms with van der Waals surface area (Å²) in [5, 5.41) is 25.0. The van der Waals surface area contributed by atoms with E-state index >= 15 is 0 Å². The van der Waals surface area contributed by atoms with Crippen molar-refractivity contribution in [1.29, 1.82) is 5.26 Å². The summed E-state index contributed by atoms with van der Waals surface area (Å²) >= 11 is 1.22. The number of anilines is 3. The molecule has 4 aromatic rings. The first-order valence-corrected chi connectivity index (χ1v) is 14.9. The maximum atomic E-state index is 13.5. The summed E-state index contributed by atoms with van der Waals surface area (Å²) < 4.78 is 40.8. The van der Waals surface area contributed by atoms with Crippen LogP contribution in [0.4, 0.5) is 21.2 Å². The first-order chi connectivity index (χ1) is 18.6. The molecule has 0 bridgehead atoms. The molecular formula is C25H27FN8O3S2. The minimum atomic E-state index is -3.45. The number of fused-ring (bicyclic) bond motifs is 1. The van der Waals surface area contributed by atoms with Gasteiger partial charge in [-0.05, 0) is 42.8 Å². The number of piperazine rings is 1. The molecule has 0 saturated carbocycles. The summed E-state index contributed by atoms with van der Waals surface area (Å²) in [6.07, 6.45) is 1.77. The Bertz CT molecular complexity index is 1660. The summed E-state index contributed by atoms with van der Waals surface area (Å²) in [4.78, 5) is 13.6. The van der Waals surface area contributed by atoms with Crippen LogP contribution in [-0.4, -0.2) is 83.0 Å². The van der Waals surface area contributed by atoms with Crippen LogP contribution in [-0.2, 0) is 16.4 Å². The van der Waals surface area contributed by atoms with Crippen molar-refractivity contribution in [3.05, 3.63) is 52.8 Å². The topological polar surface area (TPSA) is 131 Å². The Morgan fingerprint density at radius 3 is 2.59 bits per heavy atom. The summed E-state index contributed by atoms with van der Waals surface area (Å²) in [6.45, 7) is 2.64. The highest BCUT2D eigenvalue weighted by molar-refractivity contribution is 7.88. The molecule has 14 heteroatoms. The van der Waals surface area contributed by atoms with Crippen molar-refractivity contribution in [3.63, 3.8) is 0 Å². The molecule has 0 radical (unpaired) electrons. The van der Waals surface area contributed by atoms with Gasteiger partial charge >= 0.3 is 0 Å². The zero-order chi connectivity index (χ0) is 27.9. The van der Waals surface area contributed by atoms with Crippen LogP contribution in [0.1, 0.15) is 17.5 Å². The average Bonchev–Trinajstić information content (AvgIpc) is 3.53. The van der Waals surface area contributed by atoms with E-state index in [9.17, 15) is 23.2 Å². The van der Waals surface area contributed by atoms with E-state index in [0.29, 0.717) is 58.1 Å². The fourth-order valence-electron chi connectivity index (χ4n) is 4.75. The SMILES string of the molecule is CCc1nc2ccc(N3CCN(S(C)(=O)=O)[C@H](CO)C3)nn2c1N(C)c1nc(-c2ccc(F)cc2)c(C#N)s1. The highest BCUT2D eigenvalue weighted by Gasteiger charge is 2.33. The predicted molar refractivity (Wildman–Crippen MR) is 147 cm³/mol. The van der Waals surface area contributed by atoms with E-state index in [1.807, 2.05) is 35.9 Å². The largest absolute Gasteiger partial charge is 0.395 e. The Morgan fingerprint density at radius 2 is 1.95 bits per heavy atom. The molecule has 39 heavy (non-hydrogen) atoms. The van der Waals surface area contributed by atoms with Crippen molar-refractivity contribution in [3.8, 4) is 17.3 Å². The van der Waals surface area contributed by atoms with Crippen molar-refractivity contribution in [2.24, 2.45) is 0 Å². The molecule has 4 heterocycles. The van der Waals surface area contributed by atoms with E-state index in [1.165, 1.54) is 27.8 Å². The number of nitrogens with zero attached hydrogens (tertiary/aromatic N) is 8. The number of imidazole rings is 1. The van der Waals surface area contributed by atoms with Crippen molar-refractivity contribution in [1.82, 2.24) is 23.9 Å². The number of thiazole rings is 1. The summed E-state index contributed by atoms with van der Waals surface area (Å²) in [7, 11) is -1.61. The molecule has 1 fully saturated rings. The van der Waals surface area contributed by atoms with Crippen LogP contribution in [0.2, 0.25) is 0 Å². The lowest BCUT2D eigenvalue weighted by Gasteiger charge is -2.39. The Labute approximate surface area is 229 Å². The van der Waals surface area contributed by atoms with E-state index in [2.05, 4.69) is 6.07 Å². The standard InChI is InChI=1S/C25H27FN8O3S2/c1-4-19-24(31(2)25-29-23(20(13-27)38-25)16-5-7-17(26)8-6-16)34-21(28-19)9-10-22(30-34)32-11-12-33(39(3,36)37)18(14-32)15-35/h5-10,18,35H,4,11-12,14-15H2,1-3H3/t18-/m0/s1. The molecule has 5 rings (SSSR count). The van der Waals surface area contributed by atoms with Crippen molar-refractivity contribution >= 4 is 43.8 Å². The van der Waals surface area contributed by atoms with E-state index in [1.54, 1.807) is 16.6 Å². The molecule has 1 aliphatic heterocycles. The fourth-order valence-corrected chi connectivity index (χ4v) is 6.69. The Morgan fingerprint density at radius 1 is 1.21 bits per heavy atom. The molecule has 0 unspecified atom stereocenters. The smallest absolute Gasteiger partial charge is 0.211 e. The number of hydrogen-bond acceptors (Lipinski definition) is 10. The maximum Gasteiger partial charge on any atom is 0.211 e. The molecule has 0 spiro atoms. The number of hydrogen-bond donors (Lipinski definition) is 1. The molecule has 3 aromatic heterocycles. The second kappa shape index (κ2) is 10.5.